The number of halogens is 3. The van der Waals surface area contributed by atoms with E-state index in [4.69, 9.17) is 16.6 Å². The van der Waals surface area contributed by atoms with Gasteiger partial charge in [0.25, 0.3) is 0 Å². The number of pyridine rings is 1. The van der Waals surface area contributed by atoms with E-state index in [2.05, 4.69) is 26.7 Å². The van der Waals surface area contributed by atoms with E-state index in [1.54, 1.807) is 17.8 Å². The van der Waals surface area contributed by atoms with Crippen molar-refractivity contribution in [1.82, 2.24) is 19.3 Å². The van der Waals surface area contributed by atoms with Crippen LogP contribution in [0.1, 0.15) is 16.0 Å². The number of anilines is 1. The standard InChI is InChI=1S/C25H21AsClF2N5O2S/c1-33-7-6-20-21(33)12-17(23(30-20)18(26)10-13-8-14(28)11-15(29)9-13)16-4-5-19(27)22-24(16)34(2)31-25(22)32-37(3,35)36/h4-9,11-12,18H,10H2,1-3H3,(H,31,32)/t18-/m0/s1. The Labute approximate surface area is 226 Å². The van der Waals surface area contributed by atoms with Crippen LogP contribution >= 0.6 is 11.6 Å². The van der Waals surface area contributed by atoms with Gasteiger partial charge in [-0.1, -0.05) is 0 Å². The molecule has 0 aliphatic carbocycles. The fraction of sp³-hybridized carbons (Fsp3) is 0.200. The van der Waals surface area contributed by atoms with E-state index in [9.17, 15) is 17.2 Å². The minimum absolute atomic E-state index is 0.125. The molecule has 0 bridgehead atoms. The predicted octanol–water partition coefficient (Wildman–Crippen LogP) is 4.88. The van der Waals surface area contributed by atoms with Gasteiger partial charge in [0, 0.05) is 0 Å². The van der Waals surface area contributed by atoms with Crippen molar-refractivity contribution in [3.8, 4) is 11.1 Å². The molecule has 2 radical (unpaired) electrons. The fourth-order valence-corrected chi connectivity index (χ4v) is 6.15. The summed E-state index contributed by atoms with van der Waals surface area (Å²) in [5.41, 5.74) is 4.99. The molecule has 0 fully saturated rings. The minimum atomic E-state index is -3.60. The van der Waals surface area contributed by atoms with Crippen LogP contribution in [0, 0.1) is 11.6 Å². The van der Waals surface area contributed by atoms with E-state index in [-0.39, 0.29) is 10.5 Å². The molecule has 0 saturated heterocycles. The average Bonchev–Trinajstić information content (AvgIpc) is 3.31. The molecule has 5 rings (SSSR count). The molecule has 0 unspecified atom stereocenters. The summed E-state index contributed by atoms with van der Waals surface area (Å²) in [5.74, 6) is -1.15. The summed E-state index contributed by atoms with van der Waals surface area (Å²) in [6.07, 6.45) is 3.28. The third-order valence-corrected chi connectivity index (χ3v) is 7.85. The van der Waals surface area contributed by atoms with Gasteiger partial charge in [-0.3, -0.25) is 0 Å². The van der Waals surface area contributed by atoms with E-state index in [1.807, 2.05) is 36.0 Å². The number of aryl methyl sites for hydroxylation is 2. The van der Waals surface area contributed by atoms with Crippen LogP contribution in [-0.2, 0) is 30.5 Å². The normalized spacial score (nSPS) is 12.9. The Kier molecular flexibility index (Phi) is 6.54. The van der Waals surface area contributed by atoms with E-state index in [0.717, 1.165) is 34.5 Å². The molecule has 7 nitrogen and oxygen atoms in total. The van der Waals surface area contributed by atoms with Gasteiger partial charge in [-0.2, -0.15) is 0 Å². The number of rotatable bonds is 6. The second kappa shape index (κ2) is 9.42. The van der Waals surface area contributed by atoms with Gasteiger partial charge in [0.05, 0.1) is 0 Å². The molecule has 0 spiro atoms. The molecule has 12 heteroatoms. The number of nitrogens with one attached hydrogen (secondary N) is 1. The molecule has 1 N–H and O–H groups in total. The van der Waals surface area contributed by atoms with Crippen LogP contribution in [-0.4, -0.2) is 50.9 Å². The molecule has 1 atom stereocenters. The molecule has 0 aliphatic heterocycles. The van der Waals surface area contributed by atoms with Crippen LogP contribution < -0.4 is 4.72 Å². The number of aromatic nitrogens is 4. The Bertz CT molecular complexity index is 1780. The van der Waals surface area contributed by atoms with Gasteiger partial charge in [-0.05, 0) is 0 Å². The quantitative estimate of drug-likeness (QED) is 0.281. The first kappa shape index (κ1) is 25.7. The van der Waals surface area contributed by atoms with Gasteiger partial charge in [0.15, 0.2) is 0 Å². The Morgan fingerprint density at radius 3 is 2.46 bits per heavy atom. The van der Waals surface area contributed by atoms with Gasteiger partial charge < -0.3 is 0 Å². The van der Waals surface area contributed by atoms with Crippen molar-refractivity contribution in [1.29, 1.82) is 0 Å². The van der Waals surface area contributed by atoms with Crippen LogP contribution in [0.25, 0.3) is 33.1 Å². The summed E-state index contributed by atoms with van der Waals surface area (Å²) in [4.78, 5) is 4.94. The molecule has 0 aliphatic rings. The zero-order valence-corrected chi connectivity index (χ0v) is 23.4. The molecule has 2 aromatic carbocycles. The predicted molar refractivity (Wildman–Crippen MR) is 142 cm³/mol. The molecule has 0 saturated carbocycles. The second-order valence-corrected chi connectivity index (χ2v) is 12.4. The van der Waals surface area contributed by atoms with Crippen LogP contribution in [0.15, 0.2) is 48.7 Å². The van der Waals surface area contributed by atoms with Gasteiger partial charge in [-0.25, -0.2) is 0 Å². The Hall–Kier alpha value is -2.94. The van der Waals surface area contributed by atoms with Gasteiger partial charge in [0.1, 0.15) is 0 Å². The van der Waals surface area contributed by atoms with Crippen LogP contribution in [0.4, 0.5) is 14.6 Å². The zero-order chi connectivity index (χ0) is 26.6. The van der Waals surface area contributed by atoms with E-state index >= 15 is 0 Å². The van der Waals surface area contributed by atoms with Crippen molar-refractivity contribution in [2.24, 2.45) is 14.1 Å². The number of sulfonamides is 1. The Morgan fingerprint density at radius 2 is 1.78 bits per heavy atom. The number of fused-ring (bicyclic) bond motifs is 2. The van der Waals surface area contributed by atoms with Crippen molar-refractivity contribution in [2.45, 2.75) is 11.1 Å². The fourth-order valence-electron chi connectivity index (χ4n) is 4.56. The first-order valence-corrected chi connectivity index (χ1v) is 14.5. The first-order valence-electron chi connectivity index (χ1n) is 11.1. The Morgan fingerprint density at radius 1 is 1.08 bits per heavy atom. The second-order valence-electron chi connectivity index (χ2n) is 8.91. The van der Waals surface area contributed by atoms with Crippen molar-refractivity contribution in [3.05, 3.63) is 76.6 Å². The number of benzene rings is 2. The van der Waals surface area contributed by atoms with Crippen LogP contribution in [0.3, 0.4) is 0 Å². The molecule has 37 heavy (non-hydrogen) atoms. The van der Waals surface area contributed by atoms with Gasteiger partial charge >= 0.3 is 227 Å². The summed E-state index contributed by atoms with van der Waals surface area (Å²) in [6, 6.07) is 10.9. The van der Waals surface area contributed by atoms with Crippen molar-refractivity contribution < 1.29 is 17.2 Å². The molecule has 0 amide bonds. The molecule has 190 valence electrons. The maximum atomic E-state index is 13.9. The Balaban J connectivity index is 1.74. The topological polar surface area (TPSA) is 81.8 Å². The van der Waals surface area contributed by atoms with Crippen LogP contribution in [0.2, 0.25) is 5.02 Å². The van der Waals surface area contributed by atoms with E-state index in [1.165, 1.54) is 12.1 Å². The maximum absolute atomic E-state index is 13.9. The van der Waals surface area contributed by atoms with Crippen molar-refractivity contribution in [2.75, 3.05) is 11.0 Å². The van der Waals surface area contributed by atoms with E-state index < -0.39 is 21.7 Å². The summed E-state index contributed by atoms with van der Waals surface area (Å²) >= 11 is 9.06. The van der Waals surface area contributed by atoms with Crippen LogP contribution in [0.5, 0.6) is 0 Å². The molecule has 3 aromatic heterocycles. The summed E-state index contributed by atoms with van der Waals surface area (Å²) in [6.45, 7) is 0. The van der Waals surface area contributed by atoms with Crippen molar-refractivity contribution >= 4 is 66.2 Å². The monoisotopic (exact) mass is 603 g/mol. The molecular formula is C25H21AsClF2N5O2S. The van der Waals surface area contributed by atoms with Gasteiger partial charge in [0.2, 0.25) is 0 Å². The van der Waals surface area contributed by atoms with Crippen molar-refractivity contribution in [3.63, 3.8) is 0 Å². The first-order chi connectivity index (χ1) is 17.4. The zero-order valence-electron chi connectivity index (χ0n) is 20.0. The molecule has 3 heterocycles. The molecular weight excluding hydrogens is 583 g/mol. The number of hydrogen-bond donors (Lipinski definition) is 1. The van der Waals surface area contributed by atoms with E-state index in [0.29, 0.717) is 33.6 Å². The third kappa shape index (κ3) is 4.98. The average molecular weight is 604 g/mol. The summed E-state index contributed by atoms with van der Waals surface area (Å²) in [5, 5.41) is 5.18. The third-order valence-electron chi connectivity index (χ3n) is 6.07. The number of hydrogen-bond acceptors (Lipinski definition) is 4. The summed E-state index contributed by atoms with van der Waals surface area (Å²) < 4.78 is 57.4. The SMILES string of the molecule is Cn1ccc2nc([C@@H]([As])Cc3cc(F)cc(F)c3)c(-c3ccc(Cl)c4c(NS(C)(=O)=O)nn(C)c34)cc21. The van der Waals surface area contributed by atoms with Gasteiger partial charge in [-0.15, -0.1) is 0 Å². The summed E-state index contributed by atoms with van der Waals surface area (Å²) in [7, 11) is 0.0183. The number of nitrogens with zero attached hydrogens (tertiary/aromatic N) is 4. The molecule has 5 aromatic rings.